The van der Waals surface area contributed by atoms with Crippen molar-refractivity contribution in [2.45, 2.75) is 25.7 Å². The van der Waals surface area contributed by atoms with Gasteiger partial charge < -0.3 is 5.32 Å². The van der Waals surface area contributed by atoms with Crippen LogP contribution in [0.5, 0.6) is 0 Å². The average molecular weight is 260 g/mol. The molecule has 94 valence electrons. The minimum absolute atomic E-state index is 0.0505. The summed E-state index contributed by atoms with van der Waals surface area (Å²) in [5.41, 5.74) is 1.90. The molecular formula is C14H16N2OS. The van der Waals surface area contributed by atoms with Gasteiger partial charge in [0.1, 0.15) is 0 Å². The molecule has 0 heterocycles. The van der Waals surface area contributed by atoms with Crippen molar-refractivity contribution < 1.29 is 4.79 Å². The Morgan fingerprint density at radius 1 is 1.39 bits per heavy atom. The van der Waals surface area contributed by atoms with E-state index < -0.39 is 0 Å². The average Bonchev–Trinajstić information content (AvgIpc) is 3.12. The highest BCUT2D eigenvalue weighted by Crippen LogP contribution is 2.49. The van der Waals surface area contributed by atoms with E-state index in [0.717, 1.165) is 29.8 Å². The van der Waals surface area contributed by atoms with Crippen LogP contribution in [0.4, 0.5) is 5.69 Å². The van der Waals surface area contributed by atoms with Crippen molar-refractivity contribution in [1.82, 2.24) is 0 Å². The topological polar surface area (TPSA) is 52.9 Å². The third-order valence-electron chi connectivity index (χ3n) is 3.35. The van der Waals surface area contributed by atoms with E-state index in [4.69, 9.17) is 5.26 Å². The maximum atomic E-state index is 11.8. The fourth-order valence-corrected chi connectivity index (χ4v) is 2.34. The fourth-order valence-electron chi connectivity index (χ4n) is 1.91. The van der Waals surface area contributed by atoms with Gasteiger partial charge in [-0.05, 0) is 41.7 Å². The van der Waals surface area contributed by atoms with Crippen LogP contribution in [0.15, 0.2) is 24.3 Å². The van der Waals surface area contributed by atoms with Gasteiger partial charge in [0.15, 0.2) is 0 Å². The number of hydrogen-bond acceptors (Lipinski definition) is 3. The summed E-state index contributed by atoms with van der Waals surface area (Å²) in [6.45, 7) is 0. The number of benzene rings is 1. The lowest BCUT2D eigenvalue weighted by Gasteiger charge is -2.11. The molecular weight excluding hydrogens is 244 g/mol. The zero-order valence-corrected chi connectivity index (χ0v) is 11.0. The van der Waals surface area contributed by atoms with E-state index in [2.05, 4.69) is 24.0 Å². The van der Waals surface area contributed by atoms with Gasteiger partial charge in [0.25, 0.3) is 0 Å². The zero-order valence-electron chi connectivity index (χ0n) is 10.1. The molecule has 1 fully saturated rings. The zero-order chi connectivity index (χ0) is 13.0. The molecule has 1 N–H and O–H groups in total. The van der Waals surface area contributed by atoms with E-state index in [1.807, 2.05) is 24.3 Å². The van der Waals surface area contributed by atoms with E-state index in [-0.39, 0.29) is 11.3 Å². The quantitative estimate of drug-likeness (QED) is 0.800. The Bertz CT molecular complexity index is 472. The van der Waals surface area contributed by atoms with Crippen LogP contribution in [-0.4, -0.2) is 11.7 Å². The fraction of sp³-hybridized carbons (Fsp3) is 0.429. The van der Waals surface area contributed by atoms with Gasteiger partial charge >= 0.3 is 0 Å². The lowest BCUT2D eigenvalue weighted by molar-refractivity contribution is -0.117. The van der Waals surface area contributed by atoms with Crippen molar-refractivity contribution in [3.8, 4) is 6.07 Å². The first-order valence-corrected chi connectivity index (χ1v) is 6.67. The lowest BCUT2D eigenvalue weighted by Crippen LogP contribution is -2.18. The highest BCUT2D eigenvalue weighted by molar-refractivity contribution is 7.80. The summed E-state index contributed by atoms with van der Waals surface area (Å²) in [6.07, 6.45) is 3.16. The van der Waals surface area contributed by atoms with Crippen LogP contribution in [-0.2, 0) is 11.2 Å². The molecule has 1 aliphatic carbocycles. The first-order valence-electron chi connectivity index (χ1n) is 6.04. The van der Waals surface area contributed by atoms with Crippen molar-refractivity contribution in [2.24, 2.45) is 5.41 Å². The molecule has 0 aromatic heterocycles. The molecule has 4 heteroatoms. The molecule has 1 aliphatic rings. The second kappa shape index (κ2) is 5.45. The van der Waals surface area contributed by atoms with Gasteiger partial charge in [-0.1, -0.05) is 12.1 Å². The number of carbonyl (C=O) groups is 1. The molecule has 0 atom stereocenters. The molecule has 0 aliphatic heterocycles. The van der Waals surface area contributed by atoms with Crippen LogP contribution >= 0.6 is 12.6 Å². The molecule has 0 radical (unpaired) electrons. The van der Waals surface area contributed by atoms with Gasteiger partial charge in [0, 0.05) is 12.1 Å². The lowest BCUT2D eigenvalue weighted by atomic mass is 10.0. The number of thiol groups is 1. The molecule has 0 saturated heterocycles. The van der Waals surface area contributed by atoms with E-state index in [1.165, 1.54) is 0 Å². The maximum Gasteiger partial charge on any atom is 0.224 e. The van der Waals surface area contributed by atoms with Crippen LogP contribution in [0, 0.1) is 16.7 Å². The molecule has 2 rings (SSSR count). The molecule has 1 aromatic rings. The maximum absolute atomic E-state index is 11.8. The van der Waals surface area contributed by atoms with Crippen molar-refractivity contribution in [3.63, 3.8) is 0 Å². The summed E-state index contributed by atoms with van der Waals surface area (Å²) in [7, 11) is 0. The Kier molecular flexibility index (Phi) is 3.93. The standard InChI is InChI=1S/C14H16N2OS/c15-8-5-11-1-3-12(4-2-11)16-13(17)9-14(10-18)6-7-14/h1-4,18H,5-7,9-10H2,(H,16,17). The first-order chi connectivity index (χ1) is 8.67. The highest BCUT2D eigenvalue weighted by atomic mass is 32.1. The number of amides is 1. The highest BCUT2D eigenvalue weighted by Gasteiger charge is 2.42. The number of nitriles is 1. The number of hydrogen-bond donors (Lipinski definition) is 2. The van der Waals surface area contributed by atoms with Gasteiger partial charge in [-0.25, -0.2) is 0 Å². The normalized spacial score (nSPS) is 15.8. The van der Waals surface area contributed by atoms with Crippen molar-refractivity contribution >= 4 is 24.2 Å². The number of nitrogens with zero attached hydrogens (tertiary/aromatic N) is 1. The predicted octanol–water partition coefficient (Wildman–Crippen LogP) is 2.79. The van der Waals surface area contributed by atoms with Crippen LogP contribution in [0.3, 0.4) is 0 Å². The second-order valence-electron chi connectivity index (χ2n) is 4.91. The third-order valence-corrected chi connectivity index (χ3v) is 4.02. The Morgan fingerprint density at radius 3 is 2.56 bits per heavy atom. The van der Waals surface area contributed by atoms with E-state index in [1.54, 1.807) is 0 Å². The van der Waals surface area contributed by atoms with E-state index >= 15 is 0 Å². The number of carbonyl (C=O) groups excluding carboxylic acids is 1. The van der Waals surface area contributed by atoms with Crippen LogP contribution < -0.4 is 5.32 Å². The molecule has 0 bridgehead atoms. The molecule has 18 heavy (non-hydrogen) atoms. The number of anilines is 1. The Labute approximate surface area is 113 Å². The summed E-state index contributed by atoms with van der Waals surface area (Å²) >= 11 is 4.29. The van der Waals surface area contributed by atoms with Crippen molar-refractivity contribution in [1.29, 1.82) is 5.26 Å². The summed E-state index contributed by atoms with van der Waals surface area (Å²) in [5, 5.41) is 11.5. The summed E-state index contributed by atoms with van der Waals surface area (Å²) in [4.78, 5) is 11.8. The third kappa shape index (κ3) is 3.27. The Balaban J connectivity index is 1.89. The number of nitrogens with one attached hydrogen (secondary N) is 1. The smallest absolute Gasteiger partial charge is 0.224 e. The minimum Gasteiger partial charge on any atom is -0.326 e. The van der Waals surface area contributed by atoms with Crippen molar-refractivity contribution in [2.75, 3.05) is 11.1 Å². The Morgan fingerprint density at radius 2 is 2.06 bits per heavy atom. The largest absolute Gasteiger partial charge is 0.326 e. The number of rotatable bonds is 5. The predicted molar refractivity (Wildman–Crippen MR) is 74.5 cm³/mol. The first kappa shape index (κ1) is 13.0. The SMILES string of the molecule is N#CCc1ccc(NC(=O)CC2(CS)CC2)cc1. The molecule has 1 saturated carbocycles. The van der Waals surface area contributed by atoms with Gasteiger partial charge in [-0.3, -0.25) is 4.79 Å². The van der Waals surface area contributed by atoms with Crippen molar-refractivity contribution in [3.05, 3.63) is 29.8 Å². The van der Waals surface area contributed by atoms with Gasteiger partial charge in [-0.15, -0.1) is 0 Å². The summed E-state index contributed by atoms with van der Waals surface area (Å²) in [5.74, 6) is 0.830. The van der Waals surface area contributed by atoms with Crippen LogP contribution in [0.25, 0.3) is 0 Å². The van der Waals surface area contributed by atoms with Gasteiger partial charge in [0.05, 0.1) is 12.5 Å². The molecule has 0 spiro atoms. The van der Waals surface area contributed by atoms with E-state index in [0.29, 0.717) is 12.8 Å². The monoisotopic (exact) mass is 260 g/mol. The van der Waals surface area contributed by atoms with Crippen LogP contribution in [0.2, 0.25) is 0 Å². The van der Waals surface area contributed by atoms with E-state index in [9.17, 15) is 4.79 Å². The molecule has 1 amide bonds. The molecule has 3 nitrogen and oxygen atoms in total. The summed E-state index contributed by atoms with van der Waals surface area (Å²) < 4.78 is 0. The van der Waals surface area contributed by atoms with Crippen LogP contribution in [0.1, 0.15) is 24.8 Å². The minimum atomic E-state index is 0.0505. The Hall–Kier alpha value is -1.47. The van der Waals surface area contributed by atoms with Gasteiger partial charge in [-0.2, -0.15) is 17.9 Å². The summed E-state index contributed by atoms with van der Waals surface area (Å²) in [6, 6.07) is 9.50. The molecule has 1 aromatic carbocycles. The second-order valence-corrected chi connectivity index (χ2v) is 5.23. The van der Waals surface area contributed by atoms with Gasteiger partial charge in [0.2, 0.25) is 5.91 Å². The molecule has 0 unspecified atom stereocenters.